The third kappa shape index (κ3) is 4.99. The average Bonchev–Trinajstić information content (AvgIpc) is 2.70. The molecule has 7 nitrogen and oxygen atoms in total. The van der Waals surface area contributed by atoms with E-state index < -0.39 is 29.4 Å². The minimum Gasteiger partial charge on any atom is -0.354 e. The Morgan fingerprint density at radius 1 is 1.20 bits per heavy atom. The molecule has 1 aliphatic rings. The minimum absolute atomic E-state index is 0.0131. The minimum atomic E-state index is -4.90. The van der Waals surface area contributed by atoms with Crippen molar-refractivity contribution in [1.82, 2.24) is 24.7 Å². The molecule has 1 aromatic heterocycles. The SMILES string of the molecule is C[C@H](C(=O)NCCCN1CCN(C)CC1)n1c(=O)c(C(F)(F)F)nc2ccccc21. The number of rotatable bonds is 6. The number of nitrogens with zero attached hydrogens (tertiary/aromatic N) is 4. The summed E-state index contributed by atoms with van der Waals surface area (Å²) in [6.07, 6.45) is -4.18. The van der Waals surface area contributed by atoms with Crippen LogP contribution in [0.25, 0.3) is 11.0 Å². The van der Waals surface area contributed by atoms with Gasteiger partial charge in [0.25, 0.3) is 5.56 Å². The first kappa shape index (κ1) is 22.2. The van der Waals surface area contributed by atoms with Crippen LogP contribution in [0.2, 0.25) is 0 Å². The summed E-state index contributed by atoms with van der Waals surface area (Å²) in [7, 11) is 2.08. The van der Waals surface area contributed by atoms with Crippen LogP contribution in [0.4, 0.5) is 13.2 Å². The van der Waals surface area contributed by atoms with E-state index in [9.17, 15) is 22.8 Å². The predicted molar refractivity (Wildman–Crippen MR) is 107 cm³/mol. The lowest BCUT2D eigenvalue weighted by Gasteiger charge is -2.32. The van der Waals surface area contributed by atoms with Gasteiger partial charge in [-0.05, 0) is 39.1 Å². The number of para-hydroxylation sites is 2. The van der Waals surface area contributed by atoms with Gasteiger partial charge in [-0.15, -0.1) is 0 Å². The van der Waals surface area contributed by atoms with Crippen molar-refractivity contribution in [1.29, 1.82) is 0 Å². The maximum absolute atomic E-state index is 13.3. The molecular weight excluding hydrogens is 399 g/mol. The normalized spacial score (nSPS) is 17.2. The smallest absolute Gasteiger partial charge is 0.354 e. The van der Waals surface area contributed by atoms with E-state index in [1.165, 1.54) is 25.1 Å². The van der Waals surface area contributed by atoms with Gasteiger partial charge in [-0.25, -0.2) is 4.98 Å². The van der Waals surface area contributed by atoms with E-state index in [2.05, 4.69) is 27.1 Å². The van der Waals surface area contributed by atoms with Crippen molar-refractivity contribution in [3.05, 3.63) is 40.3 Å². The Balaban J connectivity index is 1.71. The summed E-state index contributed by atoms with van der Waals surface area (Å²) in [6, 6.07) is 4.90. The summed E-state index contributed by atoms with van der Waals surface area (Å²) >= 11 is 0. The summed E-state index contributed by atoms with van der Waals surface area (Å²) in [5.74, 6) is -0.500. The number of halogens is 3. The van der Waals surface area contributed by atoms with Gasteiger partial charge >= 0.3 is 6.18 Å². The van der Waals surface area contributed by atoms with Gasteiger partial charge in [0.2, 0.25) is 11.6 Å². The lowest BCUT2D eigenvalue weighted by atomic mass is 10.2. The summed E-state index contributed by atoms with van der Waals surface area (Å²) in [5.41, 5.74) is -2.63. The first-order valence-electron chi connectivity index (χ1n) is 9.95. The molecule has 0 saturated carbocycles. The van der Waals surface area contributed by atoms with Crippen LogP contribution >= 0.6 is 0 Å². The molecule has 3 rings (SSSR count). The fourth-order valence-corrected chi connectivity index (χ4v) is 3.57. The number of fused-ring (bicyclic) bond motifs is 1. The molecule has 0 aliphatic carbocycles. The fraction of sp³-hybridized carbons (Fsp3) is 0.550. The van der Waals surface area contributed by atoms with Gasteiger partial charge < -0.3 is 15.1 Å². The molecule has 2 heterocycles. The maximum Gasteiger partial charge on any atom is 0.438 e. The van der Waals surface area contributed by atoms with Crippen molar-refractivity contribution < 1.29 is 18.0 Å². The van der Waals surface area contributed by atoms with Crippen LogP contribution in [0.1, 0.15) is 25.1 Å². The fourth-order valence-electron chi connectivity index (χ4n) is 3.57. The van der Waals surface area contributed by atoms with Gasteiger partial charge in [-0.3, -0.25) is 14.2 Å². The van der Waals surface area contributed by atoms with Crippen molar-refractivity contribution >= 4 is 16.9 Å². The second kappa shape index (κ2) is 9.13. The molecule has 1 aromatic carbocycles. The van der Waals surface area contributed by atoms with E-state index >= 15 is 0 Å². The molecule has 1 fully saturated rings. The summed E-state index contributed by atoms with van der Waals surface area (Å²) < 4.78 is 40.7. The van der Waals surface area contributed by atoms with Crippen molar-refractivity contribution in [3.8, 4) is 0 Å². The van der Waals surface area contributed by atoms with Crippen LogP contribution in [0.5, 0.6) is 0 Å². The third-order valence-corrected chi connectivity index (χ3v) is 5.38. The number of hydrogen-bond acceptors (Lipinski definition) is 5. The highest BCUT2D eigenvalue weighted by Gasteiger charge is 2.38. The van der Waals surface area contributed by atoms with Gasteiger partial charge in [0, 0.05) is 32.7 Å². The molecule has 1 amide bonds. The maximum atomic E-state index is 13.3. The molecule has 164 valence electrons. The van der Waals surface area contributed by atoms with Crippen LogP contribution in [0, 0.1) is 0 Å². The Kier molecular flexibility index (Phi) is 6.77. The van der Waals surface area contributed by atoms with E-state index in [1.807, 2.05) is 0 Å². The first-order chi connectivity index (χ1) is 14.2. The monoisotopic (exact) mass is 425 g/mol. The predicted octanol–water partition coefficient (Wildman–Crippen LogP) is 1.73. The topological polar surface area (TPSA) is 70.5 Å². The molecule has 0 bridgehead atoms. The number of alkyl halides is 3. The number of hydrogen-bond donors (Lipinski definition) is 1. The standard InChI is InChI=1S/C20H26F3N5O2/c1-14(18(29)24-8-5-9-27-12-10-26(2)11-13-27)28-16-7-4-3-6-15(16)25-17(19(28)30)20(21,22)23/h3-4,6-7,14H,5,8-13H2,1-2H3,(H,24,29)/t14-/m1/s1. The van der Waals surface area contributed by atoms with Gasteiger partial charge in [0.15, 0.2) is 0 Å². The number of piperazine rings is 1. The number of carbonyl (C=O) groups excluding carboxylic acids is 1. The average molecular weight is 425 g/mol. The van der Waals surface area contributed by atoms with Gasteiger partial charge in [-0.1, -0.05) is 12.1 Å². The molecule has 1 aliphatic heterocycles. The number of aromatic nitrogens is 2. The second-order valence-corrected chi connectivity index (χ2v) is 7.59. The highest BCUT2D eigenvalue weighted by atomic mass is 19.4. The van der Waals surface area contributed by atoms with Crippen LogP contribution < -0.4 is 10.9 Å². The van der Waals surface area contributed by atoms with Crippen molar-refractivity contribution in [2.75, 3.05) is 46.3 Å². The number of benzene rings is 1. The first-order valence-corrected chi connectivity index (χ1v) is 9.95. The largest absolute Gasteiger partial charge is 0.438 e. The Labute approximate surface area is 172 Å². The zero-order chi connectivity index (χ0) is 21.9. The number of nitrogens with one attached hydrogen (secondary N) is 1. The molecule has 1 atom stereocenters. The van der Waals surface area contributed by atoms with Gasteiger partial charge in [-0.2, -0.15) is 13.2 Å². The number of carbonyl (C=O) groups is 1. The molecular formula is C20H26F3N5O2. The van der Waals surface area contributed by atoms with E-state index in [4.69, 9.17) is 0 Å². The van der Waals surface area contributed by atoms with Gasteiger partial charge in [0.05, 0.1) is 11.0 Å². The zero-order valence-corrected chi connectivity index (χ0v) is 17.1. The highest BCUT2D eigenvalue weighted by molar-refractivity contribution is 5.83. The highest BCUT2D eigenvalue weighted by Crippen LogP contribution is 2.27. The molecule has 0 radical (unpaired) electrons. The zero-order valence-electron chi connectivity index (χ0n) is 17.1. The van der Waals surface area contributed by atoms with Crippen molar-refractivity contribution in [2.24, 2.45) is 0 Å². The van der Waals surface area contributed by atoms with Crippen molar-refractivity contribution in [3.63, 3.8) is 0 Å². The third-order valence-electron chi connectivity index (χ3n) is 5.38. The quantitative estimate of drug-likeness (QED) is 0.714. The Hall–Kier alpha value is -2.46. The molecule has 10 heteroatoms. The Morgan fingerprint density at radius 3 is 2.53 bits per heavy atom. The molecule has 0 spiro atoms. The lowest BCUT2D eigenvalue weighted by Crippen LogP contribution is -2.45. The van der Waals surface area contributed by atoms with Crippen LogP contribution in [-0.4, -0.2) is 71.6 Å². The van der Waals surface area contributed by atoms with Gasteiger partial charge in [0.1, 0.15) is 6.04 Å². The molecule has 30 heavy (non-hydrogen) atoms. The lowest BCUT2D eigenvalue weighted by molar-refractivity contribution is -0.142. The van der Waals surface area contributed by atoms with Crippen LogP contribution in [0.15, 0.2) is 29.1 Å². The molecule has 2 aromatic rings. The van der Waals surface area contributed by atoms with Crippen LogP contribution in [-0.2, 0) is 11.0 Å². The molecule has 1 N–H and O–H groups in total. The molecule has 0 unspecified atom stereocenters. The number of likely N-dealkylation sites (N-methyl/N-ethyl adjacent to an activating group) is 1. The van der Waals surface area contributed by atoms with E-state index in [0.717, 1.165) is 43.7 Å². The molecule has 1 saturated heterocycles. The van der Waals surface area contributed by atoms with E-state index in [0.29, 0.717) is 6.54 Å². The van der Waals surface area contributed by atoms with E-state index in [1.54, 1.807) is 6.07 Å². The number of amides is 1. The Bertz CT molecular complexity index is 952. The summed E-state index contributed by atoms with van der Waals surface area (Å²) in [5, 5.41) is 2.74. The van der Waals surface area contributed by atoms with Crippen LogP contribution in [0.3, 0.4) is 0 Å². The second-order valence-electron chi connectivity index (χ2n) is 7.59. The summed E-state index contributed by atoms with van der Waals surface area (Å²) in [4.78, 5) is 33.2. The summed E-state index contributed by atoms with van der Waals surface area (Å²) in [6.45, 7) is 6.59. The van der Waals surface area contributed by atoms with Crippen molar-refractivity contribution in [2.45, 2.75) is 25.6 Å². The Morgan fingerprint density at radius 2 is 1.87 bits per heavy atom. The van der Waals surface area contributed by atoms with E-state index in [-0.39, 0.29) is 11.0 Å².